The molecule has 1 unspecified atom stereocenters. The maximum Gasteiger partial charge on any atom is 0.330 e. The molecule has 2 aliphatic rings. The first-order valence-corrected chi connectivity index (χ1v) is 9.05. The monoisotopic (exact) mass is 368 g/mol. The number of carbonyl (C=O) groups excluding carboxylic acids is 2. The van der Waals surface area contributed by atoms with E-state index in [1.807, 2.05) is 18.2 Å². The van der Waals surface area contributed by atoms with Crippen molar-refractivity contribution in [2.45, 2.75) is 12.6 Å². The Bertz CT molecular complexity index is 819. The predicted molar refractivity (Wildman–Crippen MR) is 101 cm³/mol. The van der Waals surface area contributed by atoms with E-state index in [0.29, 0.717) is 0 Å². The largest absolute Gasteiger partial charge is 0.369 e. The van der Waals surface area contributed by atoms with Crippen molar-refractivity contribution >= 4 is 23.3 Å². The van der Waals surface area contributed by atoms with Crippen LogP contribution in [0.1, 0.15) is 6.42 Å². The van der Waals surface area contributed by atoms with E-state index in [9.17, 15) is 14.0 Å². The summed E-state index contributed by atoms with van der Waals surface area (Å²) in [6.45, 7) is 3.13. The van der Waals surface area contributed by atoms with Crippen LogP contribution in [0.4, 0.5) is 20.6 Å². The van der Waals surface area contributed by atoms with Crippen LogP contribution in [0.5, 0.6) is 0 Å². The van der Waals surface area contributed by atoms with Gasteiger partial charge in [-0.1, -0.05) is 30.3 Å². The number of piperazine rings is 1. The second-order valence-electron chi connectivity index (χ2n) is 6.71. The molecule has 0 bridgehead atoms. The molecular weight excluding hydrogens is 347 g/mol. The first-order valence-electron chi connectivity index (χ1n) is 9.05. The number of urea groups is 1. The summed E-state index contributed by atoms with van der Waals surface area (Å²) in [5.74, 6) is -0.977. The van der Waals surface area contributed by atoms with Gasteiger partial charge in [-0.05, 0) is 24.3 Å². The molecule has 1 atom stereocenters. The third-order valence-corrected chi connectivity index (χ3v) is 5.08. The van der Waals surface area contributed by atoms with Gasteiger partial charge in [0.2, 0.25) is 5.91 Å². The molecule has 0 saturated carbocycles. The van der Waals surface area contributed by atoms with E-state index < -0.39 is 11.8 Å². The van der Waals surface area contributed by atoms with E-state index in [2.05, 4.69) is 27.2 Å². The molecule has 2 fully saturated rings. The number of halogens is 1. The molecule has 0 spiro atoms. The quantitative estimate of drug-likeness (QED) is 0.904. The number of nitrogens with zero attached hydrogens (tertiary/aromatic N) is 3. The number of anilines is 2. The molecule has 0 aromatic heterocycles. The normalized spacial score (nSPS) is 21.3. The van der Waals surface area contributed by atoms with Gasteiger partial charge in [0, 0.05) is 31.9 Å². The lowest BCUT2D eigenvalue weighted by Gasteiger charge is -2.42. The maximum atomic E-state index is 14.0. The van der Waals surface area contributed by atoms with Crippen LogP contribution in [0.25, 0.3) is 0 Å². The van der Waals surface area contributed by atoms with Gasteiger partial charge in [0.05, 0.1) is 18.3 Å². The highest BCUT2D eigenvalue weighted by Crippen LogP contribution is 2.24. The smallest absolute Gasteiger partial charge is 0.330 e. The number of rotatable bonds is 3. The van der Waals surface area contributed by atoms with E-state index in [0.717, 1.165) is 31.1 Å². The molecule has 1 N–H and O–H groups in total. The van der Waals surface area contributed by atoms with E-state index in [1.54, 1.807) is 6.07 Å². The van der Waals surface area contributed by atoms with Crippen molar-refractivity contribution in [3.8, 4) is 0 Å². The summed E-state index contributed by atoms with van der Waals surface area (Å²) >= 11 is 0. The Morgan fingerprint density at radius 3 is 2.22 bits per heavy atom. The van der Waals surface area contributed by atoms with Gasteiger partial charge < -0.3 is 10.2 Å². The van der Waals surface area contributed by atoms with Gasteiger partial charge in [0.25, 0.3) is 0 Å². The summed E-state index contributed by atoms with van der Waals surface area (Å²) in [7, 11) is 0. The fourth-order valence-electron chi connectivity index (χ4n) is 3.66. The average molecular weight is 368 g/mol. The van der Waals surface area contributed by atoms with Gasteiger partial charge in [0.1, 0.15) is 5.82 Å². The van der Waals surface area contributed by atoms with E-state index in [4.69, 9.17) is 0 Å². The molecule has 0 radical (unpaired) electrons. The second kappa shape index (κ2) is 7.36. The summed E-state index contributed by atoms with van der Waals surface area (Å²) in [5.41, 5.74) is 1.17. The topological polar surface area (TPSA) is 55.9 Å². The zero-order valence-corrected chi connectivity index (χ0v) is 14.8. The van der Waals surface area contributed by atoms with Crippen LogP contribution in [0.3, 0.4) is 0 Å². The molecule has 2 heterocycles. The van der Waals surface area contributed by atoms with Crippen LogP contribution in [0, 0.1) is 5.82 Å². The highest BCUT2D eigenvalue weighted by molar-refractivity contribution is 6.16. The first-order chi connectivity index (χ1) is 13.1. The predicted octanol–water partition coefficient (Wildman–Crippen LogP) is 2.42. The summed E-state index contributed by atoms with van der Waals surface area (Å²) in [5, 5.41) is 2.85. The van der Waals surface area contributed by atoms with Crippen LogP contribution in [-0.4, -0.2) is 49.2 Å². The van der Waals surface area contributed by atoms with Gasteiger partial charge in [0.15, 0.2) is 0 Å². The highest BCUT2D eigenvalue weighted by Gasteiger charge is 2.37. The van der Waals surface area contributed by atoms with E-state index >= 15 is 0 Å². The van der Waals surface area contributed by atoms with Crippen molar-refractivity contribution in [3.05, 3.63) is 60.4 Å². The lowest BCUT2D eigenvalue weighted by Crippen LogP contribution is -2.63. The minimum atomic E-state index is -0.587. The van der Waals surface area contributed by atoms with Crippen molar-refractivity contribution in [2.24, 2.45) is 0 Å². The molecule has 3 amide bonds. The van der Waals surface area contributed by atoms with E-state index in [-0.39, 0.29) is 24.2 Å². The number of nitrogens with one attached hydrogen (secondary N) is 1. The van der Waals surface area contributed by atoms with Crippen LogP contribution < -0.4 is 15.1 Å². The van der Waals surface area contributed by atoms with Gasteiger partial charge in [-0.3, -0.25) is 9.69 Å². The number of benzene rings is 2. The molecule has 2 aromatic rings. The van der Waals surface area contributed by atoms with Crippen molar-refractivity contribution in [1.82, 2.24) is 10.2 Å². The van der Waals surface area contributed by atoms with Crippen LogP contribution in [0.15, 0.2) is 54.6 Å². The number of hydrogen-bond acceptors (Lipinski definition) is 4. The number of imide groups is 1. The fourth-order valence-corrected chi connectivity index (χ4v) is 3.66. The minimum Gasteiger partial charge on any atom is -0.369 e. The maximum absolute atomic E-state index is 14.0. The van der Waals surface area contributed by atoms with Crippen molar-refractivity contribution < 1.29 is 14.0 Å². The Labute approximate surface area is 157 Å². The molecule has 2 aromatic carbocycles. The molecule has 2 aliphatic heterocycles. The standard InChI is InChI=1S/C20H21FN4O2/c21-16-8-4-5-9-17(16)25-19(26)14-18(22-20(25)27)24-12-10-23(11-13-24)15-6-2-1-3-7-15/h1-9,18H,10-14H2,(H,22,27). The SMILES string of the molecule is O=C1CC(N2CCN(c3ccccc3)CC2)NC(=O)N1c1ccccc1F. The number of carbonyl (C=O) groups is 2. The third kappa shape index (κ3) is 3.50. The van der Waals surface area contributed by atoms with Crippen molar-refractivity contribution in [2.75, 3.05) is 36.0 Å². The third-order valence-electron chi connectivity index (χ3n) is 5.08. The lowest BCUT2D eigenvalue weighted by atomic mass is 10.1. The molecule has 4 rings (SSSR count). The second-order valence-corrected chi connectivity index (χ2v) is 6.71. The Hall–Kier alpha value is -2.93. The molecule has 7 heteroatoms. The summed E-state index contributed by atoms with van der Waals surface area (Å²) in [6.07, 6.45) is -0.225. The number of para-hydroxylation sites is 2. The fraction of sp³-hybridized carbons (Fsp3) is 0.300. The van der Waals surface area contributed by atoms with Gasteiger partial charge in [-0.2, -0.15) is 0 Å². The van der Waals surface area contributed by atoms with Crippen molar-refractivity contribution in [1.29, 1.82) is 0 Å². The average Bonchev–Trinajstić information content (AvgIpc) is 2.70. The number of hydrogen-bond donors (Lipinski definition) is 1. The highest BCUT2D eigenvalue weighted by atomic mass is 19.1. The van der Waals surface area contributed by atoms with Crippen LogP contribution in [0.2, 0.25) is 0 Å². The number of amides is 3. The van der Waals surface area contributed by atoms with Crippen molar-refractivity contribution in [3.63, 3.8) is 0 Å². The van der Waals surface area contributed by atoms with Crippen LogP contribution in [-0.2, 0) is 4.79 Å². The Morgan fingerprint density at radius 1 is 0.889 bits per heavy atom. The van der Waals surface area contributed by atoms with Gasteiger partial charge in [-0.25, -0.2) is 14.1 Å². The summed E-state index contributed by atoms with van der Waals surface area (Å²) in [6, 6.07) is 15.4. The van der Waals surface area contributed by atoms with Gasteiger partial charge in [-0.15, -0.1) is 0 Å². The van der Waals surface area contributed by atoms with Gasteiger partial charge >= 0.3 is 6.03 Å². The molecule has 0 aliphatic carbocycles. The zero-order chi connectivity index (χ0) is 18.8. The minimum absolute atomic E-state index is 0.00709. The summed E-state index contributed by atoms with van der Waals surface area (Å²) in [4.78, 5) is 30.3. The Kier molecular flexibility index (Phi) is 4.77. The summed E-state index contributed by atoms with van der Waals surface area (Å²) < 4.78 is 14.0. The van der Waals surface area contributed by atoms with Crippen LogP contribution >= 0.6 is 0 Å². The lowest BCUT2D eigenvalue weighted by molar-refractivity contribution is -0.120. The first kappa shape index (κ1) is 17.5. The molecule has 27 heavy (non-hydrogen) atoms. The molecule has 2 saturated heterocycles. The molecule has 140 valence electrons. The zero-order valence-electron chi connectivity index (χ0n) is 14.8. The Balaban J connectivity index is 1.41. The van der Waals surface area contributed by atoms with E-state index in [1.165, 1.54) is 23.9 Å². The molecular formula is C20H21FN4O2. The molecule has 6 nitrogen and oxygen atoms in total. The Morgan fingerprint density at radius 2 is 1.56 bits per heavy atom.